The van der Waals surface area contributed by atoms with Crippen LogP contribution in [0.1, 0.15) is 5.56 Å². The Hall–Kier alpha value is -3.40. The highest BCUT2D eigenvalue weighted by molar-refractivity contribution is 5.97. The van der Waals surface area contributed by atoms with Crippen molar-refractivity contribution in [2.24, 2.45) is 0 Å². The fourth-order valence-corrected chi connectivity index (χ4v) is 2.98. The molecule has 0 amide bonds. The van der Waals surface area contributed by atoms with Gasteiger partial charge in [-0.3, -0.25) is 14.7 Å². The zero-order valence-electron chi connectivity index (χ0n) is 13.6. The topological polar surface area (TPSA) is 45.2 Å². The van der Waals surface area contributed by atoms with Gasteiger partial charge in [0, 0.05) is 41.8 Å². The summed E-state index contributed by atoms with van der Waals surface area (Å²) in [5, 5.41) is 3.39. The Kier molecular flexibility index (Phi) is 4.01. The van der Waals surface area contributed by atoms with Crippen molar-refractivity contribution in [3.63, 3.8) is 0 Å². The summed E-state index contributed by atoms with van der Waals surface area (Å²) in [4.78, 5) is 18.7. The maximum absolute atomic E-state index is 12.5. The molecule has 2 aromatic carbocycles. The first kappa shape index (κ1) is 15.1. The second-order valence-electron chi connectivity index (χ2n) is 5.84. The van der Waals surface area contributed by atoms with Crippen LogP contribution < -0.4 is 10.2 Å². The van der Waals surface area contributed by atoms with Crippen LogP contribution in [0, 0.1) is 0 Å². The molecule has 122 valence electrons. The molecule has 1 aliphatic heterocycles. The lowest BCUT2D eigenvalue weighted by Crippen LogP contribution is -2.22. The molecule has 2 heterocycles. The summed E-state index contributed by atoms with van der Waals surface area (Å²) in [5.41, 5.74) is 3.79. The fraction of sp³-hybridized carbons (Fsp3) is 0.0476. The summed E-state index contributed by atoms with van der Waals surface area (Å²) < 4.78 is 0. The van der Waals surface area contributed by atoms with Crippen LogP contribution in [0.2, 0.25) is 0 Å². The van der Waals surface area contributed by atoms with E-state index in [1.165, 1.54) is 0 Å². The summed E-state index contributed by atoms with van der Waals surface area (Å²) in [5.74, 6) is 0.776. The van der Waals surface area contributed by atoms with E-state index in [0.717, 1.165) is 28.4 Å². The molecule has 0 radical (unpaired) electrons. The summed E-state index contributed by atoms with van der Waals surface area (Å²) >= 11 is 0. The highest BCUT2D eigenvalue weighted by Gasteiger charge is 2.23. The molecule has 0 atom stereocenters. The minimum atomic E-state index is 0.0473. The monoisotopic (exact) mass is 327 g/mol. The Balaban J connectivity index is 1.85. The summed E-state index contributed by atoms with van der Waals surface area (Å²) in [6.45, 7) is 0. The van der Waals surface area contributed by atoms with Gasteiger partial charge in [-0.25, -0.2) is 0 Å². The normalized spacial score (nSPS) is 13.7. The molecular weight excluding hydrogens is 310 g/mol. The van der Waals surface area contributed by atoms with Crippen LogP contribution in [0.4, 0.5) is 17.1 Å². The molecule has 0 unspecified atom stereocenters. The SMILES string of the molecule is O=C1C=C(Nc2ccccc2)N(c2ccccc2)c2ccncc2C1. The smallest absolute Gasteiger partial charge is 0.163 e. The predicted octanol–water partition coefficient (Wildman–Crippen LogP) is 4.30. The van der Waals surface area contributed by atoms with Crippen LogP contribution in [-0.4, -0.2) is 10.8 Å². The molecule has 3 aromatic rings. The first-order chi connectivity index (χ1) is 12.3. The zero-order chi connectivity index (χ0) is 17.1. The number of pyridine rings is 1. The van der Waals surface area contributed by atoms with E-state index < -0.39 is 0 Å². The molecule has 4 heteroatoms. The molecule has 4 rings (SSSR count). The lowest BCUT2D eigenvalue weighted by molar-refractivity contribution is -0.114. The molecule has 0 fully saturated rings. The van der Waals surface area contributed by atoms with E-state index in [1.54, 1.807) is 18.5 Å². The van der Waals surface area contributed by atoms with Crippen molar-refractivity contribution in [1.82, 2.24) is 4.98 Å². The maximum Gasteiger partial charge on any atom is 0.163 e. The standard InChI is InChI=1S/C21H17N3O/c25-19-13-16-15-22-12-11-20(16)24(18-9-5-2-6-10-18)21(14-19)23-17-7-3-1-4-8-17/h1-12,14-15,23H,13H2. The van der Waals surface area contributed by atoms with E-state index in [4.69, 9.17) is 0 Å². The van der Waals surface area contributed by atoms with Gasteiger partial charge in [-0.2, -0.15) is 0 Å². The van der Waals surface area contributed by atoms with Crippen LogP contribution in [0.15, 0.2) is 91.0 Å². The van der Waals surface area contributed by atoms with Gasteiger partial charge < -0.3 is 5.32 Å². The minimum absolute atomic E-state index is 0.0473. The van der Waals surface area contributed by atoms with Gasteiger partial charge in [0.1, 0.15) is 5.82 Å². The quantitative estimate of drug-likeness (QED) is 0.779. The van der Waals surface area contributed by atoms with E-state index in [9.17, 15) is 4.79 Å². The molecule has 0 spiro atoms. The van der Waals surface area contributed by atoms with Crippen molar-refractivity contribution in [3.05, 3.63) is 96.6 Å². The van der Waals surface area contributed by atoms with Crippen LogP contribution >= 0.6 is 0 Å². The molecule has 1 N–H and O–H groups in total. The molecule has 0 saturated carbocycles. The number of benzene rings is 2. The zero-order valence-corrected chi connectivity index (χ0v) is 13.6. The second kappa shape index (κ2) is 6.61. The summed E-state index contributed by atoms with van der Waals surface area (Å²) in [7, 11) is 0. The van der Waals surface area contributed by atoms with Crippen molar-refractivity contribution < 1.29 is 4.79 Å². The average molecular weight is 327 g/mol. The highest BCUT2D eigenvalue weighted by atomic mass is 16.1. The molecule has 1 aliphatic rings. The molecular formula is C21H17N3O. The number of hydrogen-bond acceptors (Lipinski definition) is 4. The van der Waals surface area contributed by atoms with Gasteiger partial charge in [0.25, 0.3) is 0 Å². The van der Waals surface area contributed by atoms with Crippen molar-refractivity contribution >= 4 is 22.8 Å². The number of nitrogens with one attached hydrogen (secondary N) is 1. The Morgan fingerprint density at radius 3 is 2.40 bits per heavy atom. The first-order valence-electron chi connectivity index (χ1n) is 8.16. The van der Waals surface area contributed by atoms with Crippen LogP contribution in [0.25, 0.3) is 0 Å². The molecule has 0 saturated heterocycles. The van der Waals surface area contributed by atoms with E-state index in [1.807, 2.05) is 66.7 Å². The van der Waals surface area contributed by atoms with E-state index in [0.29, 0.717) is 6.42 Å². The lowest BCUT2D eigenvalue weighted by atomic mass is 10.1. The summed E-state index contributed by atoms with van der Waals surface area (Å²) in [6.07, 6.45) is 5.53. The van der Waals surface area contributed by atoms with Crippen LogP contribution in [0.3, 0.4) is 0 Å². The average Bonchev–Trinajstić information content (AvgIpc) is 2.78. The van der Waals surface area contributed by atoms with Crippen molar-refractivity contribution in [2.75, 3.05) is 10.2 Å². The predicted molar refractivity (Wildman–Crippen MR) is 99.7 cm³/mol. The fourth-order valence-electron chi connectivity index (χ4n) is 2.98. The molecule has 25 heavy (non-hydrogen) atoms. The number of anilines is 3. The van der Waals surface area contributed by atoms with Crippen molar-refractivity contribution in [2.45, 2.75) is 6.42 Å². The van der Waals surface area contributed by atoms with Gasteiger partial charge in [-0.15, -0.1) is 0 Å². The maximum atomic E-state index is 12.5. The van der Waals surface area contributed by atoms with Crippen molar-refractivity contribution in [1.29, 1.82) is 0 Å². The largest absolute Gasteiger partial charge is 0.341 e. The van der Waals surface area contributed by atoms with E-state index >= 15 is 0 Å². The van der Waals surface area contributed by atoms with Crippen molar-refractivity contribution in [3.8, 4) is 0 Å². The number of carbonyl (C=O) groups is 1. The minimum Gasteiger partial charge on any atom is -0.341 e. The van der Waals surface area contributed by atoms with Gasteiger partial charge in [-0.05, 0) is 30.3 Å². The Bertz CT molecular complexity index is 920. The molecule has 1 aromatic heterocycles. The third kappa shape index (κ3) is 3.15. The molecule has 0 bridgehead atoms. The number of allylic oxidation sites excluding steroid dienone is 1. The Labute approximate surface area is 146 Å². The Morgan fingerprint density at radius 1 is 0.920 bits per heavy atom. The first-order valence-corrected chi connectivity index (χ1v) is 8.16. The van der Waals surface area contributed by atoms with E-state index in [2.05, 4.69) is 15.2 Å². The lowest BCUT2D eigenvalue weighted by Gasteiger charge is -2.28. The number of nitrogens with zero attached hydrogens (tertiary/aromatic N) is 2. The van der Waals surface area contributed by atoms with Gasteiger partial charge in [0.05, 0.1) is 5.69 Å². The highest BCUT2D eigenvalue weighted by Crippen LogP contribution is 2.34. The Morgan fingerprint density at radius 2 is 1.64 bits per heavy atom. The number of ketones is 1. The van der Waals surface area contributed by atoms with Gasteiger partial charge in [0.2, 0.25) is 0 Å². The number of carbonyl (C=O) groups excluding carboxylic acids is 1. The third-order valence-corrected chi connectivity index (χ3v) is 4.08. The number of fused-ring (bicyclic) bond motifs is 1. The second-order valence-corrected chi connectivity index (χ2v) is 5.84. The van der Waals surface area contributed by atoms with Gasteiger partial charge in [-0.1, -0.05) is 36.4 Å². The number of rotatable bonds is 3. The van der Waals surface area contributed by atoms with Crippen LogP contribution in [-0.2, 0) is 11.2 Å². The van der Waals surface area contributed by atoms with Gasteiger partial charge in [0.15, 0.2) is 5.78 Å². The third-order valence-electron chi connectivity index (χ3n) is 4.08. The molecule has 0 aliphatic carbocycles. The summed E-state index contributed by atoms with van der Waals surface area (Å²) in [6, 6.07) is 21.8. The van der Waals surface area contributed by atoms with Gasteiger partial charge >= 0.3 is 0 Å². The van der Waals surface area contributed by atoms with E-state index in [-0.39, 0.29) is 5.78 Å². The number of aromatic nitrogens is 1. The number of para-hydroxylation sites is 2. The van der Waals surface area contributed by atoms with Crippen LogP contribution in [0.5, 0.6) is 0 Å². The molecule has 4 nitrogen and oxygen atoms in total. The number of hydrogen-bond donors (Lipinski definition) is 1.